The Bertz CT molecular complexity index is 1200. The lowest BCUT2D eigenvalue weighted by atomic mass is 10.1. The SMILES string of the molecule is O=C(/C(=C\c1ccccc1[N+](=O)[O-])Sc1nc2ccccc2[nH]1)c1ccccc1. The van der Waals surface area contributed by atoms with Crippen molar-refractivity contribution in [3.63, 3.8) is 0 Å². The van der Waals surface area contributed by atoms with Crippen molar-refractivity contribution in [3.8, 4) is 0 Å². The van der Waals surface area contributed by atoms with E-state index in [0.717, 1.165) is 22.8 Å². The van der Waals surface area contributed by atoms with Crippen LogP contribution in [0.2, 0.25) is 0 Å². The molecule has 3 aromatic carbocycles. The number of aromatic amines is 1. The summed E-state index contributed by atoms with van der Waals surface area (Å²) in [5.74, 6) is -0.228. The highest BCUT2D eigenvalue weighted by atomic mass is 32.2. The lowest BCUT2D eigenvalue weighted by Crippen LogP contribution is -2.01. The summed E-state index contributed by atoms with van der Waals surface area (Å²) in [7, 11) is 0. The number of carbonyl (C=O) groups is 1. The van der Waals surface area contributed by atoms with Crippen LogP contribution in [0.1, 0.15) is 15.9 Å². The quantitative estimate of drug-likeness (QED) is 0.152. The maximum atomic E-state index is 13.1. The molecule has 142 valence electrons. The van der Waals surface area contributed by atoms with Crippen molar-refractivity contribution < 1.29 is 9.72 Å². The van der Waals surface area contributed by atoms with Gasteiger partial charge in [-0.3, -0.25) is 14.9 Å². The van der Waals surface area contributed by atoms with Crippen LogP contribution in [0, 0.1) is 10.1 Å². The molecule has 0 atom stereocenters. The monoisotopic (exact) mass is 401 g/mol. The molecule has 1 heterocycles. The number of benzene rings is 3. The molecule has 0 unspecified atom stereocenters. The summed E-state index contributed by atoms with van der Waals surface area (Å²) >= 11 is 1.15. The number of imidazole rings is 1. The number of allylic oxidation sites excluding steroid dienone is 1. The van der Waals surface area contributed by atoms with E-state index in [4.69, 9.17) is 0 Å². The molecule has 0 radical (unpaired) electrons. The minimum atomic E-state index is -0.456. The van der Waals surface area contributed by atoms with Crippen LogP contribution in [-0.2, 0) is 0 Å². The first kappa shape index (κ1) is 18.6. The Morgan fingerprint density at radius 3 is 2.41 bits per heavy atom. The van der Waals surface area contributed by atoms with Gasteiger partial charge in [0.05, 0.1) is 26.4 Å². The third-order valence-electron chi connectivity index (χ3n) is 4.25. The molecule has 0 spiro atoms. The molecule has 0 saturated heterocycles. The number of nitrogens with zero attached hydrogens (tertiary/aromatic N) is 2. The van der Waals surface area contributed by atoms with Gasteiger partial charge in [0.2, 0.25) is 0 Å². The number of ketones is 1. The van der Waals surface area contributed by atoms with E-state index in [1.165, 1.54) is 6.07 Å². The van der Waals surface area contributed by atoms with Crippen LogP contribution < -0.4 is 0 Å². The van der Waals surface area contributed by atoms with Gasteiger partial charge in [-0.1, -0.05) is 54.6 Å². The van der Waals surface area contributed by atoms with E-state index in [2.05, 4.69) is 9.97 Å². The number of hydrogen-bond acceptors (Lipinski definition) is 5. The van der Waals surface area contributed by atoms with E-state index in [1.807, 2.05) is 30.3 Å². The standard InChI is InChI=1S/C22H15N3O3S/c26-21(15-8-2-1-3-9-15)20(14-16-10-4-7-13-19(16)25(27)28)29-22-23-17-11-5-6-12-18(17)24-22/h1-14H,(H,23,24)/b20-14+. The van der Waals surface area contributed by atoms with E-state index in [1.54, 1.807) is 48.5 Å². The Balaban J connectivity index is 1.79. The number of para-hydroxylation sites is 3. The predicted octanol–water partition coefficient (Wildman–Crippen LogP) is 5.49. The Morgan fingerprint density at radius 2 is 1.66 bits per heavy atom. The molecule has 29 heavy (non-hydrogen) atoms. The second kappa shape index (κ2) is 8.12. The maximum Gasteiger partial charge on any atom is 0.276 e. The molecule has 7 heteroatoms. The third-order valence-corrected chi connectivity index (χ3v) is 5.16. The number of nitrogens with one attached hydrogen (secondary N) is 1. The van der Waals surface area contributed by atoms with Gasteiger partial charge >= 0.3 is 0 Å². The highest BCUT2D eigenvalue weighted by Crippen LogP contribution is 2.32. The van der Waals surface area contributed by atoms with Gasteiger partial charge in [0, 0.05) is 11.6 Å². The second-order valence-electron chi connectivity index (χ2n) is 6.18. The Labute approximate surface area is 170 Å². The van der Waals surface area contributed by atoms with Crippen molar-refractivity contribution in [1.29, 1.82) is 0 Å². The summed E-state index contributed by atoms with van der Waals surface area (Å²) in [6.07, 6.45) is 1.55. The summed E-state index contributed by atoms with van der Waals surface area (Å²) in [5.41, 5.74) is 2.44. The van der Waals surface area contributed by atoms with Gasteiger partial charge in [0.1, 0.15) is 0 Å². The van der Waals surface area contributed by atoms with Gasteiger partial charge in [0.15, 0.2) is 10.9 Å². The Hall–Kier alpha value is -3.71. The maximum absolute atomic E-state index is 13.1. The molecule has 6 nitrogen and oxygen atoms in total. The van der Waals surface area contributed by atoms with Crippen LogP contribution >= 0.6 is 11.8 Å². The van der Waals surface area contributed by atoms with Crippen molar-refractivity contribution in [2.45, 2.75) is 5.16 Å². The van der Waals surface area contributed by atoms with Crippen molar-refractivity contribution in [1.82, 2.24) is 9.97 Å². The summed E-state index contributed by atoms with van der Waals surface area (Å²) in [6, 6.07) is 22.7. The van der Waals surface area contributed by atoms with Crippen LogP contribution in [0.4, 0.5) is 5.69 Å². The number of nitro benzene ring substituents is 1. The molecule has 1 aromatic heterocycles. The molecule has 4 aromatic rings. The molecule has 0 fully saturated rings. The number of nitro groups is 1. The molecular weight excluding hydrogens is 386 g/mol. The molecular formula is C22H15N3O3S. The molecule has 0 saturated carbocycles. The molecule has 0 bridgehead atoms. The molecule has 1 N–H and O–H groups in total. The zero-order valence-electron chi connectivity index (χ0n) is 15.1. The lowest BCUT2D eigenvalue weighted by Gasteiger charge is -2.06. The number of carbonyl (C=O) groups excluding carboxylic acids is 1. The van der Waals surface area contributed by atoms with Crippen LogP contribution in [-0.4, -0.2) is 20.7 Å². The van der Waals surface area contributed by atoms with Crippen LogP contribution in [0.25, 0.3) is 17.1 Å². The van der Waals surface area contributed by atoms with Crippen LogP contribution in [0.15, 0.2) is 88.9 Å². The number of rotatable bonds is 6. The fraction of sp³-hybridized carbons (Fsp3) is 0. The van der Waals surface area contributed by atoms with Gasteiger partial charge in [-0.05, 0) is 36.0 Å². The van der Waals surface area contributed by atoms with Gasteiger partial charge < -0.3 is 4.98 Å². The van der Waals surface area contributed by atoms with Crippen molar-refractivity contribution >= 4 is 40.3 Å². The second-order valence-corrected chi connectivity index (χ2v) is 7.21. The van der Waals surface area contributed by atoms with Gasteiger partial charge in [-0.25, -0.2) is 4.98 Å². The van der Waals surface area contributed by atoms with Crippen LogP contribution in [0.5, 0.6) is 0 Å². The molecule has 0 aliphatic rings. The number of hydrogen-bond donors (Lipinski definition) is 1. The highest BCUT2D eigenvalue weighted by molar-refractivity contribution is 8.04. The Morgan fingerprint density at radius 1 is 0.966 bits per heavy atom. The summed E-state index contributed by atoms with van der Waals surface area (Å²) in [4.78, 5) is 32.1. The largest absolute Gasteiger partial charge is 0.333 e. The van der Waals surface area contributed by atoms with E-state index in [-0.39, 0.29) is 11.5 Å². The predicted molar refractivity (Wildman–Crippen MR) is 114 cm³/mol. The topological polar surface area (TPSA) is 88.9 Å². The van der Waals surface area contributed by atoms with E-state index in [0.29, 0.717) is 21.2 Å². The zero-order valence-corrected chi connectivity index (χ0v) is 15.9. The molecule has 4 rings (SSSR count). The molecule has 0 aliphatic heterocycles. The van der Waals surface area contributed by atoms with Crippen molar-refractivity contribution in [2.24, 2.45) is 0 Å². The Kier molecular flexibility index (Phi) is 5.22. The number of H-pyrrole nitrogens is 1. The van der Waals surface area contributed by atoms with Crippen molar-refractivity contribution in [2.75, 3.05) is 0 Å². The van der Waals surface area contributed by atoms with Crippen LogP contribution in [0.3, 0.4) is 0 Å². The average molecular weight is 401 g/mol. The third kappa shape index (κ3) is 4.09. The van der Waals surface area contributed by atoms with Gasteiger partial charge in [-0.15, -0.1) is 0 Å². The smallest absolute Gasteiger partial charge is 0.276 e. The number of aromatic nitrogens is 2. The first-order valence-electron chi connectivity index (χ1n) is 8.79. The van der Waals surface area contributed by atoms with Gasteiger partial charge in [-0.2, -0.15) is 0 Å². The first-order chi connectivity index (χ1) is 14.1. The zero-order chi connectivity index (χ0) is 20.2. The minimum Gasteiger partial charge on any atom is -0.333 e. The fourth-order valence-electron chi connectivity index (χ4n) is 2.87. The van der Waals surface area contributed by atoms with Crippen molar-refractivity contribution in [3.05, 3.63) is 105 Å². The molecule has 0 aliphatic carbocycles. The number of thioether (sulfide) groups is 1. The van der Waals surface area contributed by atoms with E-state index in [9.17, 15) is 14.9 Å². The lowest BCUT2D eigenvalue weighted by molar-refractivity contribution is -0.385. The summed E-state index contributed by atoms with van der Waals surface area (Å²) in [6.45, 7) is 0. The van der Waals surface area contributed by atoms with Gasteiger partial charge in [0.25, 0.3) is 5.69 Å². The van der Waals surface area contributed by atoms with E-state index < -0.39 is 4.92 Å². The van der Waals surface area contributed by atoms with E-state index >= 15 is 0 Å². The average Bonchev–Trinajstić information content (AvgIpc) is 3.16. The summed E-state index contributed by atoms with van der Waals surface area (Å²) in [5, 5.41) is 11.9. The fourth-order valence-corrected chi connectivity index (χ4v) is 3.78. The minimum absolute atomic E-state index is 0.0592. The highest BCUT2D eigenvalue weighted by Gasteiger charge is 2.19. The first-order valence-corrected chi connectivity index (χ1v) is 9.61. The molecule has 0 amide bonds. The normalized spacial score (nSPS) is 11.5. The number of fused-ring (bicyclic) bond motifs is 1. The number of Topliss-reactive ketones (excluding diaryl/α,β-unsaturated/α-hetero) is 1. The summed E-state index contributed by atoms with van der Waals surface area (Å²) < 4.78 is 0.